The van der Waals surface area contributed by atoms with Gasteiger partial charge < -0.3 is 30.4 Å². The molecule has 1 saturated heterocycles. The van der Waals surface area contributed by atoms with Gasteiger partial charge in [0, 0.05) is 43.5 Å². The molecule has 2 aliphatic rings. The van der Waals surface area contributed by atoms with Crippen LogP contribution in [0.5, 0.6) is 0 Å². The number of carbonyl (C=O) groups is 3. The normalized spacial score (nSPS) is 17.0. The number of likely N-dealkylation sites (tertiary alicyclic amines) is 1. The van der Waals surface area contributed by atoms with Crippen LogP contribution in [-0.2, 0) is 50.7 Å². The highest BCUT2D eigenvalue weighted by atomic mass is 19.4. The van der Waals surface area contributed by atoms with Crippen LogP contribution in [-0.4, -0.2) is 96.3 Å². The quantitative estimate of drug-likeness (QED) is 0.205. The third kappa shape index (κ3) is 13.3. The molecule has 5 rings (SSSR count). The van der Waals surface area contributed by atoms with Gasteiger partial charge in [-0.25, -0.2) is 29.3 Å². The van der Waals surface area contributed by atoms with Gasteiger partial charge in [0.15, 0.2) is 0 Å². The predicted octanol–water partition coefficient (Wildman–Crippen LogP) is 5.26. The van der Waals surface area contributed by atoms with Crippen molar-refractivity contribution >= 4 is 23.9 Å². The third-order valence-electron chi connectivity index (χ3n) is 7.20. The van der Waals surface area contributed by atoms with Gasteiger partial charge in [0.05, 0.1) is 30.0 Å². The van der Waals surface area contributed by atoms with Gasteiger partial charge in [-0.15, -0.1) is 0 Å². The molecule has 1 spiro atoms. The van der Waals surface area contributed by atoms with E-state index in [1.54, 1.807) is 0 Å². The van der Waals surface area contributed by atoms with Crippen LogP contribution in [0.1, 0.15) is 47.4 Å². The highest BCUT2D eigenvalue weighted by Gasteiger charge is 2.45. The number of anilines is 1. The first-order valence-corrected chi connectivity index (χ1v) is 14.9. The predicted molar refractivity (Wildman–Crippen MR) is 161 cm³/mol. The van der Waals surface area contributed by atoms with E-state index in [4.69, 9.17) is 44.4 Å². The summed E-state index contributed by atoms with van der Waals surface area (Å²) < 4.78 is 101. The minimum Gasteiger partial charge on any atom is -0.475 e. The number of ether oxygens (including phenoxy) is 1. The average Bonchev–Trinajstić information content (AvgIpc) is 3.63. The van der Waals surface area contributed by atoms with Gasteiger partial charge >= 0.3 is 36.4 Å². The molecule has 13 nitrogen and oxygen atoms in total. The number of aromatic nitrogens is 4. The highest BCUT2D eigenvalue weighted by Crippen LogP contribution is 2.39. The largest absolute Gasteiger partial charge is 0.490 e. The number of nitrogens with zero attached hydrogens (tertiary/aromatic N) is 4. The number of alkyl halides is 9. The lowest BCUT2D eigenvalue weighted by Gasteiger charge is -2.34. The zero-order valence-electron chi connectivity index (χ0n) is 27.3. The van der Waals surface area contributed by atoms with Crippen molar-refractivity contribution in [3.8, 4) is 0 Å². The van der Waals surface area contributed by atoms with E-state index in [-0.39, 0.29) is 5.41 Å². The number of aliphatic carboxylic acids is 3. The maximum atomic E-state index is 10.6. The van der Waals surface area contributed by atoms with Crippen molar-refractivity contribution in [2.75, 3.05) is 25.0 Å². The molecule has 1 fully saturated rings. The molecule has 1 unspecified atom stereocenters. The molecule has 0 amide bonds. The van der Waals surface area contributed by atoms with Crippen molar-refractivity contribution < 1.29 is 74.0 Å². The van der Waals surface area contributed by atoms with Gasteiger partial charge in [0.1, 0.15) is 5.82 Å². The van der Waals surface area contributed by atoms with Crippen LogP contribution >= 0.6 is 0 Å². The van der Waals surface area contributed by atoms with Gasteiger partial charge in [-0.05, 0) is 25.5 Å². The van der Waals surface area contributed by atoms with E-state index in [9.17, 15) is 39.5 Å². The molecule has 22 heteroatoms. The Morgan fingerprint density at radius 3 is 1.94 bits per heavy atom. The van der Waals surface area contributed by atoms with Crippen LogP contribution in [0.2, 0.25) is 0 Å². The zero-order valence-corrected chi connectivity index (χ0v) is 27.3. The Kier molecular flexibility index (Phi) is 14.9. The Bertz CT molecular complexity index is 1590. The standard InChI is InChI=1S/C24H30N6O.3C2HF3O2/c1-3-21-27-17(2)20(28-21)13-30-10-9-24(15-30)16-31-14-19-12-26-23(29-22(19)24)25-11-18-7-5-4-6-8-18;3*3-2(4,5)1(6)7/h4-8,12H,3,9-11,13-16H2,1-2H3,(H,27,28)(H,25,26,29);3*(H,6,7). The van der Waals surface area contributed by atoms with Crippen LogP contribution < -0.4 is 5.32 Å². The van der Waals surface area contributed by atoms with Crippen molar-refractivity contribution in [1.82, 2.24) is 24.8 Å². The first-order valence-electron chi connectivity index (χ1n) is 14.9. The maximum Gasteiger partial charge on any atom is 0.490 e. The van der Waals surface area contributed by atoms with Gasteiger partial charge in [-0.3, -0.25) is 4.90 Å². The van der Waals surface area contributed by atoms with Crippen LogP contribution in [0.15, 0.2) is 36.5 Å². The number of halogens is 9. The van der Waals surface area contributed by atoms with Crippen molar-refractivity contribution in [3.63, 3.8) is 0 Å². The van der Waals surface area contributed by atoms with Gasteiger partial charge in [-0.1, -0.05) is 37.3 Å². The van der Waals surface area contributed by atoms with Crippen molar-refractivity contribution in [2.24, 2.45) is 0 Å². The van der Waals surface area contributed by atoms with Gasteiger partial charge in [0.25, 0.3) is 0 Å². The Labute approximate surface area is 288 Å². The number of carboxylic acids is 3. The van der Waals surface area contributed by atoms with Crippen molar-refractivity contribution in [1.29, 1.82) is 0 Å². The van der Waals surface area contributed by atoms with E-state index in [1.165, 1.54) is 11.3 Å². The molecular formula is C30H33F9N6O7. The van der Waals surface area contributed by atoms with E-state index in [2.05, 4.69) is 58.3 Å². The second-order valence-corrected chi connectivity index (χ2v) is 11.2. The highest BCUT2D eigenvalue weighted by molar-refractivity contribution is 5.73. The van der Waals surface area contributed by atoms with E-state index < -0.39 is 36.4 Å². The Morgan fingerprint density at radius 1 is 0.923 bits per heavy atom. The van der Waals surface area contributed by atoms with E-state index >= 15 is 0 Å². The lowest BCUT2D eigenvalue weighted by atomic mass is 9.80. The summed E-state index contributed by atoms with van der Waals surface area (Å²) in [5.74, 6) is -6.51. The van der Waals surface area contributed by atoms with E-state index in [0.29, 0.717) is 25.7 Å². The number of H-pyrrole nitrogens is 1. The summed E-state index contributed by atoms with van der Waals surface area (Å²) in [4.78, 5) is 46.9. The summed E-state index contributed by atoms with van der Waals surface area (Å²) in [6.07, 6.45) is -11.3. The Morgan fingerprint density at radius 2 is 1.46 bits per heavy atom. The Hall–Kier alpha value is -4.99. The lowest BCUT2D eigenvalue weighted by Crippen LogP contribution is -2.40. The van der Waals surface area contributed by atoms with Gasteiger partial charge in [-0.2, -0.15) is 39.5 Å². The van der Waals surface area contributed by atoms with Crippen LogP contribution in [0.25, 0.3) is 0 Å². The molecule has 5 N–H and O–H groups in total. The summed E-state index contributed by atoms with van der Waals surface area (Å²) >= 11 is 0. The molecular weight excluding hydrogens is 727 g/mol. The molecule has 1 atom stereocenters. The third-order valence-corrected chi connectivity index (χ3v) is 7.20. The molecule has 1 aromatic carbocycles. The number of aryl methyl sites for hydroxylation is 2. The second kappa shape index (κ2) is 18.0. The number of nitrogens with one attached hydrogen (secondary N) is 2. The first kappa shape index (κ1) is 43.2. The SMILES string of the molecule is CCc1nc(CN2CCC3(COCc4cnc(NCc5ccccc5)nc43)C2)c(C)[nH]1.O=C(O)C(F)(F)F.O=C(O)C(F)(F)F.O=C(O)C(F)(F)F. The molecule has 52 heavy (non-hydrogen) atoms. The van der Waals surface area contributed by atoms with E-state index in [0.717, 1.165) is 55.3 Å². The first-order chi connectivity index (χ1) is 24.0. The molecule has 0 saturated carbocycles. The maximum absolute atomic E-state index is 10.6. The summed E-state index contributed by atoms with van der Waals surface area (Å²) in [5.41, 5.74) is 5.74. The summed E-state index contributed by atoms with van der Waals surface area (Å²) in [5, 5.41) is 24.8. The van der Waals surface area contributed by atoms with Crippen molar-refractivity contribution in [2.45, 2.75) is 70.3 Å². The number of carboxylic acid groups (broad SMARTS) is 3. The number of hydrogen-bond acceptors (Lipinski definition) is 9. The van der Waals surface area contributed by atoms with Crippen LogP contribution in [0, 0.1) is 6.92 Å². The second-order valence-electron chi connectivity index (χ2n) is 11.2. The number of benzene rings is 1. The lowest BCUT2D eigenvalue weighted by molar-refractivity contribution is -0.193. The summed E-state index contributed by atoms with van der Waals surface area (Å²) in [7, 11) is 0. The molecule has 0 radical (unpaired) electrons. The fourth-order valence-electron chi connectivity index (χ4n) is 4.76. The van der Waals surface area contributed by atoms with Crippen LogP contribution in [0.3, 0.4) is 0 Å². The van der Waals surface area contributed by atoms with E-state index in [1.807, 2.05) is 12.3 Å². The number of hydrogen-bond donors (Lipinski definition) is 5. The summed E-state index contributed by atoms with van der Waals surface area (Å²) in [6.45, 7) is 9.09. The molecule has 4 heterocycles. The molecule has 2 aromatic heterocycles. The molecule has 0 bridgehead atoms. The minimum atomic E-state index is -5.08. The number of aromatic amines is 1. The smallest absolute Gasteiger partial charge is 0.475 e. The zero-order chi connectivity index (χ0) is 39.5. The fraction of sp³-hybridized carbons (Fsp3) is 0.467. The average molecular weight is 761 g/mol. The Balaban J connectivity index is 0.000000365. The topological polar surface area (TPSA) is 191 Å². The molecule has 0 aliphatic carbocycles. The van der Waals surface area contributed by atoms with Gasteiger partial charge in [0.2, 0.25) is 5.95 Å². The number of imidazole rings is 1. The monoisotopic (exact) mass is 760 g/mol. The molecule has 288 valence electrons. The van der Waals surface area contributed by atoms with Crippen molar-refractivity contribution in [3.05, 3.63) is 70.6 Å². The van der Waals surface area contributed by atoms with Crippen LogP contribution in [0.4, 0.5) is 45.5 Å². The number of fused-ring (bicyclic) bond motifs is 2. The fourth-order valence-corrected chi connectivity index (χ4v) is 4.76. The minimum absolute atomic E-state index is 0.0719. The summed E-state index contributed by atoms with van der Waals surface area (Å²) in [6, 6.07) is 10.3. The molecule has 3 aromatic rings. The number of rotatable bonds is 6. The molecule has 2 aliphatic heterocycles.